The van der Waals surface area contributed by atoms with Gasteiger partial charge in [-0.15, -0.1) is 0 Å². The van der Waals surface area contributed by atoms with E-state index < -0.39 is 5.54 Å². The number of carbonyl (C=O) groups excluding carboxylic acids is 1. The van der Waals surface area contributed by atoms with Crippen molar-refractivity contribution >= 4 is 5.97 Å². The summed E-state index contributed by atoms with van der Waals surface area (Å²) in [7, 11) is 0. The van der Waals surface area contributed by atoms with E-state index in [4.69, 9.17) is 10.3 Å². The second kappa shape index (κ2) is 7.64. The number of nitrogens with zero attached hydrogens (tertiary/aromatic N) is 4. The number of esters is 1. The highest BCUT2D eigenvalue weighted by molar-refractivity contribution is 5.81. The van der Waals surface area contributed by atoms with Crippen LogP contribution in [0.25, 0.3) is 10.4 Å². The summed E-state index contributed by atoms with van der Waals surface area (Å²) in [5, 5.41) is 6.93. The molecule has 1 N–H and O–H groups in total. The van der Waals surface area contributed by atoms with Crippen molar-refractivity contribution in [1.29, 1.82) is 0 Å². The normalized spacial score (nSPS) is 28.7. The Morgan fingerprint density at radius 2 is 2.43 bits per heavy atom. The second-order valence-electron chi connectivity index (χ2n) is 5.82. The molecule has 0 bridgehead atoms. The average molecular weight is 295 g/mol. The van der Waals surface area contributed by atoms with Crippen LogP contribution in [0.2, 0.25) is 0 Å². The molecule has 2 unspecified atom stereocenters. The van der Waals surface area contributed by atoms with Crippen molar-refractivity contribution in [1.82, 2.24) is 10.2 Å². The molecule has 2 fully saturated rings. The average Bonchev–Trinajstić information content (AvgIpc) is 2.94. The van der Waals surface area contributed by atoms with Crippen LogP contribution in [0.15, 0.2) is 5.11 Å². The third kappa shape index (κ3) is 3.87. The lowest BCUT2D eigenvalue weighted by Gasteiger charge is -2.43. The molecule has 2 aliphatic heterocycles. The molecule has 7 heteroatoms. The summed E-state index contributed by atoms with van der Waals surface area (Å²) < 4.78 is 5.31. The molecular weight excluding hydrogens is 270 g/mol. The van der Waals surface area contributed by atoms with Crippen LogP contribution in [0.1, 0.15) is 39.0 Å². The van der Waals surface area contributed by atoms with Gasteiger partial charge in [0.15, 0.2) is 0 Å². The highest BCUT2D eigenvalue weighted by Crippen LogP contribution is 2.34. The number of fused-ring (bicyclic) bond motifs is 1. The molecule has 0 aromatic carbocycles. The SMILES string of the molecule is CCOC(=O)C1(NCCCN=[N+]=[N-])CCN2CCCC2C1. The molecule has 2 atom stereocenters. The molecule has 7 nitrogen and oxygen atoms in total. The van der Waals surface area contributed by atoms with E-state index in [2.05, 4.69) is 20.2 Å². The van der Waals surface area contributed by atoms with E-state index in [0.717, 1.165) is 32.4 Å². The first kappa shape index (κ1) is 16.1. The second-order valence-corrected chi connectivity index (χ2v) is 5.82. The van der Waals surface area contributed by atoms with Crippen LogP contribution < -0.4 is 5.32 Å². The fourth-order valence-corrected chi connectivity index (χ4v) is 3.47. The van der Waals surface area contributed by atoms with Crippen LogP contribution in [0.4, 0.5) is 0 Å². The standard InChI is InChI=1S/C14H25N5O2/c1-2-21-13(20)14(16-7-4-8-17-18-15)6-10-19-9-3-5-12(19)11-14/h12,16H,2-11H2,1H3. The Labute approximate surface area is 125 Å². The summed E-state index contributed by atoms with van der Waals surface area (Å²) in [5.74, 6) is -0.125. The van der Waals surface area contributed by atoms with E-state index >= 15 is 0 Å². The first-order valence-electron chi connectivity index (χ1n) is 7.89. The van der Waals surface area contributed by atoms with Crippen LogP contribution in [-0.4, -0.2) is 55.2 Å². The molecule has 0 saturated carbocycles. The Kier molecular flexibility index (Phi) is 5.85. The third-order valence-corrected chi connectivity index (χ3v) is 4.54. The van der Waals surface area contributed by atoms with Gasteiger partial charge in [-0.1, -0.05) is 5.11 Å². The van der Waals surface area contributed by atoms with Gasteiger partial charge in [0.05, 0.1) is 6.61 Å². The number of carbonyl (C=O) groups is 1. The van der Waals surface area contributed by atoms with Crippen molar-refractivity contribution in [2.45, 2.75) is 50.6 Å². The molecule has 0 amide bonds. The van der Waals surface area contributed by atoms with Crippen LogP contribution in [0.5, 0.6) is 0 Å². The largest absolute Gasteiger partial charge is 0.465 e. The number of rotatable bonds is 7. The lowest BCUT2D eigenvalue weighted by atomic mass is 9.83. The summed E-state index contributed by atoms with van der Waals surface area (Å²) in [6.45, 7) is 5.49. The van der Waals surface area contributed by atoms with Gasteiger partial charge in [-0.3, -0.25) is 4.79 Å². The molecule has 21 heavy (non-hydrogen) atoms. The number of azide groups is 1. The summed E-state index contributed by atoms with van der Waals surface area (Å²) >= 11 is 0. The third-order valence-electron chi connectivity index (χ3n) is 4.54. The van der Waals surface area contributed by atoms with Crippen molar-refractivity contribution < 1.29 is 9.53 Å². The van der Waals surface area contributed by atoms with Crippen molar-refractivity contribution in [3.05, 3.63) is 10.4 Å². The predicted molar refractivity (Wildman–Crippen MR) is 79.8 cm³/mol. The molecule has 0 aromatic rings. The van der Waals surface area contributed by atoms with Gasteiger partial charge < -0.3 is 15.0 Å². The minimum Gasteiger partial charge on any atom is -0.465 e. The smallest absolute Gasteiger partial charge is 0.326 e. The Morgan fingerprint density at radius 1 is 1.57 bits per heavy atom. The first-order valence-corrected chi connectivity index (χ1v) is 7.89. The number of piperidine rings is 1. The molecule has 2 rings (SSSR count). The topological polar surface area (TPSA) is 90.3 Å². The summed E-state index contributed by atoms with van der Waals surface area (Å²) in [6, 6.07) is 0.493. The lowest BCUT2D eigenvalue weighted by molar-refractivity contribution is -0.154. The van der Waals surface area contributed by atoms with E-state index in [1.807, 2.05) is 6.92 Å². The number of ether oxygens (including phenoxy) is 1. The van der Waals surface area contributed by atoms with Gasteiger partial charge >= 0.3 is 5.97 Å². The molecule has 0 aliphatic carbocycles. The maximum absolute atomic E-state index is 12.4. The van der Waals surface area contributed by atoms with Crippen molar-refractivity contribution in [3.63, 3.8) is 0 Å². The quantitative estimate of drug-likeness (QED) is 0.255. The van der Waals surface area contributed by atoms with Gasteiger partial charge in [0.2, 0.25) is 0 Å². The van der Waals surface area contributed by atoms with Crippen molar-refractivity contribution in [2.75, 3.05) is 32.8 Å². The van der Waals surface area contributed by atoms with Gasteiger partial charge in [-0.05, 0) is 57.6 Å². The van der Waals surface area contributed by atoms with E-state index in [1.54, 1.807) is 0 Å². The van der Waals surface area contributed by atoms with Gasteiger partial charge in [0.25, 0.3) is 0 Å². The van der Waals surface area contributed by atoms with Crippen LogP contribution in [-0.2, 0) is 9.53 Å². The van der Waals surface area contributed by atoms with Crippen molar-refractivity contribution in [3.8, 4) is 0 Å². The fourth-order valence-electron chi connectivity index (χ4n) is 3.47. The zero-order valence-electron chi connectivity index (χ0n) is 12.8. The van der Waals surface area contributed by atoms with E-state index in [1.165, 1.54) is 12.8 Å². The fraction of sp³-hybridized carbons (Fsp3) is 0.929. The highest BCUT2D eigenvalue weighted by atomic mass is 16.5. The van der Waals surface area contributed by atoms with Gasteiger partial charge in [0.1, 0.15) is 5.54 Å². The van der Waals surface area contributed by atoms with Crippen LogP contribution >= 0.6 is 0 Å². The molecule has 0 aromatic heterocycles. The zero-order valence-corrected chi connectivity index (χ0v) is 12.8. The molecule has 0 radical (unpaired) electrons. The van der Waals surface area contributed by atoms with E-state index in [9.17, 15) is 4.79 Å². The molecule has 0 spiro atoms. The Bertz CT molecular complexity index is 410. The number of hydrogen-bond acceptors (Lipinski definition) is 5. The zero-order chi connectivity index (χ0) is 15.1. The molecule has 2 aliphatic rings. The number of nitrogens with one attached hydrogen (secondary N) is 1. The Balaban J connectivity index is 1.97. The molecule has 2 saturated heterocycles. The van der Waals surface area contributed by atoms with E-state index in [-0.39, 0.29) is 5.97 Å². The highest BCUT2D eigenvalue weighted by Gasteiger charge is 2.47. The van der Waals surface area contributed by atoms with Gasteiger partial charge in [-0.2, -0.15) is 0 Å². The molecule has 2 heterocycles. The van der Waals surface area contributed by atoms with Gasteiger partial charge in [0, 0.05) is 24.0 Å². The maximum Gasteiger partial charge on any atom is 0.326 e. The van der Waals surface area contributed by atoms with Crippen LogP contribution in [0.3, 0.4) is 0 Å². The minimum absolute atomic E-state index is 0.125. The predicted octanol–water partition coefficient (Wildman–Crippen LogP) is 1.84. The first-order chi connectivity index (χ1) is 10.2. The molecular formula is C14H25N5O2. The lowest BCUT2D eigenvalue weighted by Crippen LogP contribution is -2.61. The van der Waals surface area contributed by atoms with E-state index in [0.29, 0.717) is 25.7 Å². The maximum atomic E-state index is 12.4. The summed E-state index contributed by atoms with van der Waals surface area (Å²) in [5.41, 5.74) is 7.73. The monoisotopic (exact) mass is 295 g/mol. The molecule has 118 valence electrons. The Morgan fingerprint density at radius 3 is 3.19 bits per heavy atom. The Hall–Kier alpha value is -1.30. The van der Waals surface area contributed by atoms with Crippen molar-refractivity contribution in [2.24, 2.45) is 5.11 Å². The van der Waals surface area contributed by atoms with Crippen LogP contribution in [0, 0.1) is 0 Å². The minimum atomic E-state index is -0.558. The summed E-state index contributed by atoms with van der Waals surface area (Å²) in [6.07, 6.45) is 4.75. The summed E-state index contributed by atoms with van der Waals surface area (Å²) in [4.78, 5) is 17.7. The van der Waals surface area contributed by atoms with Gasteiger partial charge in [-0.25, -0.2) is 0 Å². The number of hydrogen-bond donors (Lipinski definition) is 1.